The van der Waals surface area contributed by atoms with Crippen molar-refractivity contribution in [2.24, 2.45) is 0 Å². The summed E-state index contributed by atoms with van der Waals surface area (Å²) < 4.78 is 44.9. The molecule has 49 heavy (non-hydrogen) atoms. The van der Waals surface area contributed by atoms with Crippen molar-refractivity contribution in [1.82, 2.24) is 10.2 Å². The van der Waals surface area contributed by atoms with E-state index in [1.807, 2.05) is 6.07 Å². The van der Waals surface area contributed by atoms with Gasteiger partial charge in [-0.15, -0.1) is 0 Å². The van der Waals surface area contributed by atoms with Crippen molar-refractivity contribution in [2.75, 3.05) is 31.1 Å². The molecule has 6 aliphatic rings. The van der Waals surface area contributed by atoms with Crippen LogP contribution < -0.4 is 10.2 Å². The lowest BCUT2D eigenvalue weighted by Gasteiger charge is -2.42. The van der Waals surface area contributed by atoms with Gasteiger partial charge in [-0.2, -0.15) is 4.58 Å². The summed E-state index contributed by atoms with van der Waals surface area (Å²) in [6.45, 7) is 10.4. The third-order valence-electron chi connectivity index (χ3n) is 11.0. The van der Waals surface area contributed by atoms with Crippen LogP contribution in [0.3, 0.4) is 0 Å². The highest BCUT2D eigenvalue weighted by atomic mass is 32.2. The number of amides is 3. The molecule has 0 saturated heterocycles. The summed E-state index contributed by atoms with van der Waals surface area (Å²) in [5.41, 5.74) is 8.47. The van der Waals surface area contributed by atoms with E-state index in [9.17, 15) is 27.4 Å². The number of carbonyl (C=O) groups is 3. The Hall–Kier alpha value is -4.39. The molecule has 0 aromatic heterocycles. The minimum absolute atomic E-state index is 0.0559. The second-order valence-corrected chi connectivity index (χ2v) is 16.0. The zero-order valence-corrected chi connectivity index (χ0v) is 28.7. The molecule has 0 saturated carbocycles. The Morgan fingerprint density at radius 1 is 1.00 bits per heavy atom. The second-order valence-electron chi connectivity index (χ2n) is 14.7. The third-order valence-corrected chi connectivity index (χ3v) is 11.8. The fourth-order valence-electron chi connectivity index (χ4n) is 8.79. The van der Waals surface area contributed by atoms with Crippen molar-refractivity contribution in [3.63, 3.8) is 0 Å². The largest absolute Gasteiger partial charge is 0.744 e. The summed E-state index contributed by atoms with van der Waals surface area (Å²) in [4.78, 5) is 39.8. The van der Waals surface area contributed by atoms with E-state index in [0.29, 0.717) is 0 Å². The number of nitrogens with one attached hydrogen (secondary N) is 1. The molecule has 2 aromatic carbocycles. The van der Waals surface area contributed by atoms with Crippen molar-refractivity contribution < 1.29 is 36.7 Å². The number of imide groups is 1. The molecule has 2 aromatic rings. The Morgan fingerprint density at radius 3 is 2.49 bits per heavy atom. The average Bonchev–Trinajstić information content (AvgIpc) is 3.58. The molecule has 3 amide bonds. The molecule has 6 heterocycles. The third kappa shape index (κ3) is 4.86. The lowest BCUT2D eigenvalue weighted by atomic mass is 9.74. The van der Waals surface area contributed by atoms with Gasteiger partial charge >= 0.3 is 0 Å². The first-order chi connectivity index (χ1) is 23.2. The highest BCUT2D eigenvalue weighted by Crippen LogP contribution is 2.54. The lowest BCUT2D eigenvalue weighted by Crippen LogP contribution is -2.47. The molecule has 2 atom stereocenters. The number of carbonyl (C=O) groups excluding carboxylic acids is 3. The molecule has 254 valence electrons. The Kier molecular flexibility index (Phi) is 7.02. The summed E-state index contributed by atoms with van der Waals surface area (Å²) in [6, 6.07) is 10.9. The number of nitrogens with zero attached hydrogens (tertiary/aromatic N) is 3. The molecular formula is C37H38N4O7S. The van der Waals surface area contributed by atoms with E-state index in [1.165, 1.54) is 30.0 Å². The van der Waals surface area contributed by atoms with Crippen LogP contribution >= 0.6 is 0 Å². The predicted molar refractivity (Wildman–Crippen MR) is 180 cm³/mol. The fourth-order valence-corrected chi connectivity index (χ4v) is 9.29. The molecule has 8 rings (SSSR count). The first-order valence-electron chi connectivity index (χ1n) is 16.7. The number of anilines is 1. The van der Waals surface area contributed by atoms with Gasteiger partial charge in [-0.05, 0) is 55.7 Å². The van der Waals surface area contributed by atoms with Gasteiger partial charge in [0.15, 0.2) is 12.3 Å². The van der Waals surface area contributed by atoms with Crippen molar-refractivity contribution in [3.05, 3.63) is 88.2 Å². The second kappa shape index (κ2) is 10.8. The van der Waals surface area contributed by atoms with Gasteiger partial charge in [0, 0.05) is 77.8 Å². The van der Waals surface area contributed by atoms with Gasteiger partial charge in [-0.3, -0.25) is 19.3 Å². The maximum Gasteiger partial charge on any atom is 0.253 e. The van der Waals surface area contributed by atoms with Crippen molar-refractivity contribution in [2.45, 2.75) is 74.9 Å². The number of rotatable bonds is 6. The Labute approximate surface area is 285 Å². The van der Waals surface area contributed by atoms with Crippen LogP contribution in [0.2, 0.25) is 0 Å². The molecule has 0 spiro atoms. The molecule has 1 N–H and O–H groups in total. The number of hydrogen-bond acceptors (Lipinski definition) is 8. The molecule has 0 radical (unpaired) electrons. The summed E-state index contributed by atoms with van der Waals surface area (Å²) in [5, 5.41) is 2.83. The first-order valence-corrected chi connectivity index (χ1v) is 18.2. The van der Waals surface area contributed by atoms with E-state index in [-0.39, 0.29) is 59.8 Å². The Bertz CT molecular complexity index is 2110. The molecular weight excluding hydrogens is 644 g/mol. The monoisotopic (exact) mass is 682 g/mol. The average molecular weight is 683 g/mol. The van der Waals surface area contributed by atoms with Crippen LogP contribution in [0.15, 0.2) is 76.4 Å². The lowest BCUT2D eigenvalue weighted by molar-refractivity contribution is -0.445. The first kappa shape index (κ1) is 31.9. The van der Waals surface area contributed by atoms with Crippen LogP contribution in [0.1, 0.15) is 57.2 Å². The van der Waals surface area contributed by atoms with E-state index in [0.717, 1.165) is 75.8 Å². The molecule has 0 bridgehead atoms. The highest BCUT2D eigenvalue weighted by molar-refractivity contribution is 7.85. The molecule has 0 fully saturated rings. The summed E-state index contributed by atoms with van der Waals surface area (Å²) in [7, 11) is -4.60. The SMILES string of the molecule is CC1(C)C2=C3C=C4C5=[N+](CCC4OC3CCN2c2ccc(CC(=O)NCCN3C(=O)C=CC3=O)cc21)c1ccc(S(=O)(=O)[O-])cc1C5(C)C. The fraction of sp³-hybridized carbons (Fsp3) is 0.405. The molecule has 0 aliphatic carbocycles. The van der Waals surface area contributed by atoms with Crippen LogP contribution in [0.4, 0.5) is 11.4 Å². The number of ether oxygens (including phenoxy) is 1. The summed E-state index contributed by atoms with van der Waals surface area (Å²) in [5.74, 6) is -0.919. The zero-order chi connectivity index (χ0) is 34.6. The Morgan fingerprint density at radius 2 is 1.76 bits per heavy atom. The van der Waals surface area contributed by atoms with Crippen molar-refractivity contribution in [3.8, 4) is 0 Å². The van der Waals surface area contributed by atoms with Crippen LogP contribution in [-0.2, 0) is 46.5 Å². The van der Waals surface area contributed by atoms with Crippen molar-refractivity contribution in [1.29, 1.82) is 0 Å². The van der Waals surface area contributed by atoms with E-state index in [2.05, 4.69) is 60.7 Å². The van der Waals surface area contributed by atoms with E-state index >= 15 is 0 Å². The van der Waals surface area contributed by atoms with Gasteiger partial charge < -0.3 is 19.5 Å². The minimum Gasteiger partial charge on any atom is -0.744 e. The van der Waals surface area contributed by atoms with Crippen LogP contribution in [0, 0.1) is 0 Å². The van der Waals surface area contributed by atoms with Crippen LogP contribution in [0.5, 0.6) is 0 Å². The minimum atomic E-state index is -4.60. The normalized spacial score (nSPS) is 24.3. The van der Waals surface area contributed by atoms with Gasteiger partial charge in [0.2, 0.25) is 11.6 Å². The number of allylic oxidation sites excluding steroid dienone is 1. The molecule has 12 heteroatoms. The molecule has 2 unspecified atom stereocenters. The van der Waals surface area contributed by atoms with E-state index in [4.69, 9.17) is 4.74 Å². The number of benzene rings is 2. The quantitative estimate of drug-likeness (QED) is 0.279. The van der Waals surface area contributed by atoms with Gasteiger partial charge in [-0.1, -0.05) is 26.0 Å². The zero-order valence-electron chi connectivity index (χ0n) is 27.9. The van der Waals surface area contributed by atoms with Crippen LogP contribution in [-0.4, -0.2) is 84.3 Å². The predicted octanol–water partition coefficient (Wildman–Crippen LogP) is 3.10. The standard InChI is InChI=1S/C37H38N4O7S/c1-36(2)25-17-21(18-31(42)38-13-16-41-32(43)9-10-33(41)44)5-7-27(25)39-14-11-29-23(34(36)39)20-24-30(48-29)12-15-40-28-8-6-22(49(45,46)47)19-26(28)37(3,4)35(24)40/h5-10,17,19-20,29-30H,11-16,18H2,1-4H3,(H-,38,42,45,46,47). The highest BCUT2D eigenvalue weighted by Gasteiger charge is 2.54. The molecule has 6 aliphatic heterocycles. The van der Waals surface area contributed by atoms with Crippen molar-refractivity contribution >= 4 is 44.9 Å². The van der Waals surface area contributed by atoms with Gasteiger partial charge in [-0.25, -0.2) is 8.42 Å². The summed E-state index contributed by atoms with van der Waals surface area (Å²) >= 11 is 0. The smallest absolute Gasteiger partial charge is 0.253 e. The van der Waals surface area contributed by atoms with Gasteiger partial charge in [0.05, 0.1) is 28.9 Å². The Balaban J connectivity index is 1.10. The summed E-state index contributed by atoms with van der Waals surface area (Å²) in [6.07, 6.45) is 6.45. The van der Waals surface area contributed by atoms with Gasteiger partial charge in [0.25, 0.3) is 11.8 Å². The maximum absolute atomic E-state index is 12.9. The maximum atomic E-state index is 12.9. The number of hydrogen-bond donors (Lipinski definition) is 1. The van der Waals surface area contributed by atoms with E-state index < -0.39 is 15.5 Å². The van der Waals surface area contributed by atoms with E-state index in [1.54, 1.807) is 6.07 Å². The topological polar surface area (TPSA) is 139 Å². The van der Waals surface area contributed by atoms with Gasteiger partial charge in [0.1, 0.15) is 10.1 Å². The van der Waals surface area contributed by atoms with Crippen LogP contribution in [0.25, 0.3) is 0 Å². The molecule has 11 nitrogen and oxygen atoms in total. The number of fused-ring (bicyclic) bond motifs is 8.